The van der Waals surface area contributed by atoms with E-state index in [1.807, 2.05) is 20.8 Å². The van der Waals surface area contributed by atoms with Gasteiger partial charge in [0.15, 0.2) is 0 Å². The van der Waals surface area contributed by atoms with Gasteiger partial charge in [0.25, 0.3) is 0 Å². The fourth-order valence-corrected chi connectivity index (χ4v) is 1.19. The molecule has 0 aromatic carbocycles. The Labute approximate surface area is 95.7 Å². The van der Waals surface area contributed by atoms with E-state index in [0.29, 0.717) is 6.54 Å². The van der Waals surface area contributed by atoms with Crippen LogP contribution in [0, 0.1) is 0 Å². The molecule has 5 heteroatoms. The molecule has 1 unspecified atom stereocenters. The van der Waals surface area contributed by atoms with Gasteiger partial charge in [0.2, 0.25) is 5.91 Å². The number of aromatic nitrogens is 2. The van der Waals surface area contributed by atoms with Gasteiger partial charge in [-0.05, 0) is 20.8 Å². The van der Waals surface area contributed by atoms with Gasteiger partial charge in [-0.15, -0.1) is 0 Å². The van der Waals surface area contributed by atoms with Crippen LogP contribution in [0.1, 0.15) is 26.3 Å². The topological polar surface area (TPSA) is 66.9 Å². The van der Waals surface area contributed by atoms with Crippen LogP contribution in [0.3, 0.4) is 0 Å². The summed E-state index contributed by atoms with van der Waals surface area (Å²) in [6.07, 6.45) is 4.94. The van der Waals surface area contributed by atoms with Crippen LogP contribution >= 0.6 is 0 Å². The fraction of sp³-hybridized carbons (Fsp3) is 0.545. The Hall–Kier alpha value is -1.49. The monoisotopic (exact) mass is 222 g/mol. The third-order valence-electron chi connectivity index (χ3n) is 2.05. The van der Waals surface area contributed by atoms with Crippen molar-refractivity contribution in [2.75, 3.05) is 0 Å². The highest BCUT2D eigenvalue weighted by atomic mass is 16.2. The molecule has 1 atom stereocenters. The van der Waals surface area contributed by atoms with E-state index in [9.17, 15) is 4.79 Å². The van der Waals surface area contributed by atoms with Crippen molar-refractivity contribution in [3.8, 4) is 0 Å². The standard InChI is InChI=1S/C11H18N4O/c1-8(2)15-11(16)9(3)14-6-10-4-12-7-13-5-10/h4-5,7-9,14H,6H2,1-3H3,(H,15,16). The number of hydrogen-bond donors (Lipinski definition) is 2. The number of carbonyl (C=O) groups excluding carboxylic acids is 1. The Balaban J connectivity index is 2.35. The van der Waals surface area contributed by atoms with Gasteiger partial charge in [-0.25, -0.2) is 9.97 Å². The highest BCUT2D eigenvalue weighted by Crippen LogP contribution is 1.94. The van der Waals surface area contributed by atoms with Crippen molar-refractivity contribution < 1.29 is 4.79 Å². The number of hydrogen-bond acceptors (Lipinski definition) is 4. The lowest BCUT2D eigenvalue weighted by atomic mass is 10.2. The molecule has 0 bridgehead atoms. The first-order valence-electron chi connectivity index (χ1n) is 5.37. The number of rotatable bonds is 5. The average molecular weight is 222 g/mol. The molecular weight excluding hydrogens is 204 g/mol. The van der Waals surface area contributed by atoms with Crippen LogP contribution in [0.2, 0.25) is 0 Å². The molecule has 0 saturated carbocycles. The van der Waals surface area contributed by atoms with Crippen molar-refractivity contribution >= 4 is 5.91 Å². The largest absolute Gasteiger partial charge is 0.353 e. The Bertz CT molecular complexity index is 326. The van der Waals surface area contributed by atoms with Crippen LogP contribution in [-0.4, -0.2) is 28.0 Å². The Morgan fingerprint density at radius 1 is 1.31 bits per heavy atom. The lowest BCUT2D eigenvalue weighted by Gasteiger charge is -2.15. The molecule has 0 spiro atoms. The zero-order chi connectivity index (χ0) is 12.0. The SMILES string of the molecule is CC(C)NC(=O)C(C)NCc1cncnc1. The smallest absolute Gasteiger partial charge is 0.237 e. The van der Waals surface area contributed by atoms with Gasteiger partial charge in [0.1, 0.15) is 6.33 Å². The molecule has 2 N–H and O–H groups in total. The molecule has 0 aliphatic carbocycles. The maximum atomic E-state index is 11.6. The highest BCUT2D eigenvalue weighted by molar-refractivity contribution is 5.81. The molecule has 88 valence electrons. The third-order valence-corrected chi connectivity index (χ3v) is 2.05. The molecule has 1 aromatic rings. The van der Waals surface area contributed by atoms with Crippen molar-refractivity contribution in [1.29, 1.82) is 0 Å². The van der Waals surface area contributed by atoms with E-state index in [1.54, 1.807) is 12.4 Å². The van der Waals surface area contributed by atoms with E-state index in [0.717, 1.165) is 5.56 Å². The Morgan fingerprint density at radius 2 is 1.94 bits per heavy atom. The number of carbonyl (C=O) groups is 1. The second-order valence-electron chi connectivity index (χ2n) is 4.01. The van der Waals surface area contributed by atoms with E-state index in [-0.39, 0.29) is 18.0 Å². The lowest BCUT2D eigenvalue weighted by molar-refractivity contribution is -0.123. The van der Waals surface area contributed by atoms with E-state index in [2.05, 4.69) is 20.6 Å². The van der Waals surface area contributed by atoms with Crippen LogP contribution in [-0.2, 0) is 11.3 Å². The molecule has 1 amide bonds. The average Bonchev–Trinajstić information content (AvgIpc) is 2.26. The maximum Gasteiger partial charge on any atom is 0.237 e. The van der Waals surface area contributed by atoms with Gasteiger partial charge in [0, 0.05) is 30.5 Å². The molecule has 1 aromatic heterocycles. The summed E-state index contributed by atoms with van der Waals surface area (Å²) in [6.45, 7) is 6.31. The Kier molecular flexibility index (Phi) is 4.85. The normalized spacial score (nSPS) is 12.5. The summed E-state index contributed by atoms with van der Waals surface area (Å²) in [7, 11) is 0. The van der Waals surface area contributed by atoms with Gasteiger partial charge < -0.3 is 10.6 Å². The molecule has 0 aliphatic rings. The summed E-state index contributed by atoms with van der Waals surface area (Å²) < 4.78 is 0. The molecular formula is C11H18N4O. The second kappa shape index (κ2) is 6.17. The van der Waals surface area contributed by atoms with Crippen LogP contribution < -0.4 is 10.6 Å². The minimum Gasteiger partial charge on any atom is -0.353 e. The lowest BCUT2D eigenvalue weighted by Crippen LogP contribution is -2.44. The predicted octanol–water partition coefficient (Wildman–Crippen LogP) is 0.479. The number of amides is 1. The first-order chi connectivity index (χ1) is 7.59. The van der Waals surface area contributed by atoms with E-state index < -0.39 is 0 Å². The van der Waals surface area contributed by atoms with Crippen molar-refractivity contribution in [2.45, 2.75) is 39.4 Å². The summed E-state index contributed by atoms with van der Waals surface area (Å²) in [5, 5.41) is 5.96. The predicted molar refractivity (Wildman–Crippen MR) is 61.6 cm³/mol. The van der Waals surface area contributed by atoms with E-state index >= 15 is 0 Å². The maximum absolute atomic E-state index is 11.6. The minimum absolute atomic E-state index is 0.00634. The van der Waals surface area contributed by atoms with Gasteiger partial charge in [-0.1, -0.05) is 0 Å². The quantitative estimate of drug-likeness (QED) is 0.760. The van der Waals surface area contributed by atoms with Gasteiger partial charge in [0.05, 0.1) is 6.04 Å². The molecule has 0 saturated heterocycles. The minimum atomic E-state index is -0.220. The van der Waals surface area contributed by atoms with Crippen molar-refractivity contribution in [1.82, 2.24) is 20.6 Å². The van der Waals surface area contributed by atoms with Crippen LogP contribution in [0.5, 0.6) is 0 Å². The molecule has 1 rings (SSSR count). The van der Waals surface area contributed by atoms with Crippen LogP contribution in [0.4, 0.5) is 0 Å². The van der Waals surface area contributed by atoms with Crippen molar-refractivity contribution in [3.05, 3.63) is 24.3 Å². The highest BCUT2D eigenvalue weighted by Gasteiger charge is 2.12. The number of nitrogens with one attached hydrogen (secondary N) is 2. The first-order valence-corrected chi connectivity index (χ1v) is 5.37. The second-order valence-corrected chi connectivity index (χ2v) is 4.01. The molecule has 16 heavy (non-hydrogen) atoms. The third kappa shape index (κ3) is 4.35. The van der Waals surface area contributed by atoms with Crippen molar-refractivity contribution in [3.63, 3.8) is 0 Å². The summed E-state index contributed by atoms with van der Waals surface area (Å²) in [6, 6.07) is -0.0561. The van der Waals surface area contributed by atoms with Crippen LogP contribution in [0.15, 0.2) is 18.7 Å². The van der Waals surface area contributed by atoms with Crippen molar-refractivity contribution in [2.24, 2.45) is 0 Å². The fourth-order valence-electron chi connectivity index (χ4n) is 1.19. The molecule has 0 fully saturated rings. The van der Waals surface area contributed by atoms with Gasteiger partial charge in [-0.3, -0.25) is 4.79 Å². The van der Waals surface area contributed by atoms with Gasteiger partial charge in [-0.2, -0.15) is 0 Å². The molecule has 5 nitrogen and oxygen atoms in total. The van der Waals surface area contributed by atoms with Gasteiger partial charge >= 0.3 is 0 Å². The summed E-state index contributed by atoms with van der Waals surface area (Å²) in [5.41, 5.74) is 0.965. The molecule has 1 heterocycles. The number of nitrogens with zero attached hydrogens (tertiary/aromatic N) is 2. The zero-order valence-electron chi connectivity index (χ0n) is 9.90. The summed E-state index contributed by atoms with van der Waals surface area (Å²) in [4.78, 5) is 19.4. The zero-order valence-corrected chi connectivity index (χ0v) is 9.90. The Morgan fingerprint density at radius 3 is 2.50 bits per heavy atom. The first kappa shape index (κ1) is 12.6. The van der Waals surface area contributed by atoms with Crippen LogP contribution in [0.25, 0.3) is 0 Å². The summed E-state index contributed by atoms with van der Waals surface area (Å²) in [5.74, 6) is 0.00634. The van der Waals surface area contributed by atoms with E-state index in [4.69, 9.17) is 0 Å². The molecule has 0 radical (unpaired) electrons. The van der Waals surface area contributed by atoms with E-state index in [1.165, 1.54) is 6.33 Å². The summed E-state index contributed by atoms with van der Waals surface area (Å²) >= 11 is 0. The molecule has 0 aliphatic heterocycles.